The third-order valence-electron chi connectivity index (χ3n) is 10.8. The molecule has 2 heterocycles. The topological polar surface area (TPSA) is 182 Å². The predicted molar refractivity (Wildman–Crippen MR) is 238 cm³/mol. The molecule has 3 aliphatic rings. The van der Waals surface area contributed by atoms with Crippen molar-refractivity contribution in [3.05, 3.63) is 108 Å². The Hall–Kier alpha value is -4.07. The van der Waals surface area contributed by atoms with Crippen molar-refractivity contribution in [3.63, 3.8) is 0 Å². The summed E-state index contributed by atoms with van der Waals surface area (Å²) in [5.74, 6) is -2.09. The number of hydrogen-bond acceptors (Lipinski definition) is 15. The lowest BCUT2D eigenvalue weighted by Gasteiger charge is -2.50. The Kier molecular flexibility index (Phi) is 19.3. The van der Waals surface area contributed by atoms with Crippen LogP contribution in [0.25, 0.3) is 0 Å². The van der Waals surface area contributed by atoms with E-state index in [0.717, 1.165) is 43.4 Å². The van der Waals surface area contributed by atoms with Crippen LogP contribution in [0.5, 0.6) is 0 Å². The van der Waals surface area contributed by atoms with Crippen LogP contribution in [0.3, 0.4) is 0 Å². The van der Waals surface area contributed by atoms with E-state index in [0.29, 0.717) is 0 Å². The number of rotatable bonds is 21. The van der Waals surface area contributed by atoms with Crippen LogP contribution < -0.4 is 5.32 Å². The minimum absolute atomic E-state index is 0.0478. The number of alkyl halides is 3. The predicted octanol–water partition coefficient (Wildman–Crippen LogP) is 6.92. The number of hydrogen-bond donors (Lipinski definition) is 1. The summed E-state index contributed by atoms with van der Waals surface area (Å²) in [5.41, 5.74) is 2.64. The quantitative estimate of drug-likeness (QED) is 0.0660. The third-order valence-corrected chi connectivity index (χ3v) is 11.2. The molecule has 16 nitrogen and oxygen atoms in total. The van der Waals surface area contributed by atoms with Gasteiger partial charge in [0.2, 0.25) is 3.79 Å². The first-order valence-electron chi connectivity index (χ1n) is 21.7. The molecule has 360 valence electrons. The third kappa shape index (κ3) is 16.0. The van der Waals surface area contributed by atoms with Gasteiger partial charge in [-0.05, 0) is 42.4 Å². The van der Waals surface area contributed by atoms with Gasteiger partial charge in [-0.15, -0.1) is 0 Å². The number of halogens is 3. The standard InChI is InChI=1S/C47H56Cl3NO15/c1-28(35-20-21-35)61-45-43(66-44-38(51-46(55)60-27-47(48,49)50)41(63-31(4)54)40(62-30(3)53)37(64-44)26-57-29(2)52)42(59-24-34-18-12-7-13-19-34)39(58-23-33-16-10-6-11-17-33)36(65-45)25-56-22-32-14-8-5-9-15-32/h5-19,28,35-45H,20-27H2,1-4H3,(H,51,55)/t28-,36-,37-,38-,39-,40-,41-,42+,43+,44+,45+/m1/s1. The molecule has 2 saturated heterocycles. The smallest absolute Gasteiger partial charge is 0.407 e. The number of carbonyl (C=O) groups is 4. The van der Waals surface area contributed by atoms with Crippen molar-refractivity contribution in [1.82, 2.24) is 5.32 Å². The summed E-state index contributed by atoms with van der Waals surface area (Å²) in [5, 5.41) is 2.60. The average molecular weight is 981 g/mol. The van der Waals surface area contributed by atoms with E-state index in [2.05, 4.69) is 5.32 Å². The van der Waals surface area contributed by atoms with E-state index in [1.807, 2.05) is 97.9 Å². The number of carbonyl (C=O) groups excluding carboxylic acids is 4. The van der Waals surface area contributed by atoms with E-state index in [1.54, 1.807) is 0 Å². The Labute approximate surface area is 398 Å². The van der Waals surface area contributed by atoms with Gasteiger partial charge in [0, 0.05) is 20.8 Å². The summed E-state index contributed by atoms with van der Waals surface area (Å²) in [6.45, 7) is 4.72. The fraction of sp³-hybridized carbons (Fsp3) is 0.532. The van der Waals surface area contributed by atoms with Crippen LogP contribution >= 0.6 is 34.8 Å². The number of benzene rings is 3. The van der Waals surface area contributed by atoms with Crippen molar-refractivity contribution in [3.8, 4) is 0 Å². The van der Waals surface area contributed by atoms with Gasteiger partial charge in [-0.2, -0.15) is 0 Å². The van der Waals surface area contributed by atoms with Gasteiger partial charge in [-0.1, -0.05) is 126 Å². The molecule has 0 bridgehead atoms. The molecule has 1 amide bonds. The van der Waals surface area contributed by atoms with E-state index in [-0.39, 0.29) is 38.4 Å². The van der Waals surface area contributed by atoms with Crippen LogP contribution in [0.15, 0.2) is 91.0 Å². The molecule has 0 radical (unpaired) electrons. The minimum atomic E-state index is -2.00. The van der Waals surface area contributed by atoms with Gasteiger partial charge < -0.3 is 57.4 Å². The lowest BCUT2D eigenvalue weighted by atomic mass is 9.95. The fourth-order valence-corrected chi connectivity index (χ4v) is 7.76. The molecule has 2 aliphatic heterocycles. The lowest BCUT2D eigenvalue weighted by molar-refractivity contribution is -0.370. The summed E-state index contributed by atoms with van der Waals surface area (Å²) < 4.78 is 67.1. The van der Waals surface area contributed by atoms with Gasteiger partial charge in [-0.3, -0.25) is 14.4 Å². The van der Waals surface area contributed by atoms with Crippen molar-refractivity contribution in [2.24, 2.45) is 5.92 Å². The molecule has 1 N–H and O–H groups in total. The van der Waals surface area contributed by atoms with Crippen LogP contribution in [0.1, 0.15) is 57.2 Å². The number of ether oxygens (including phenoxy) is 11. The highest BCUT2D eigenvalue weighted by molar-refractivity contribution is 6.67. The highest BCUT2D eigenvalue weighted by atomic mass is 35.6. The van der Waals surface area contributed by atoms with Gasteiger partial charge in [-0.25, -0.2) is 4.79 Å². The van der Waals surface area contributed by atoms with E-state index in [9.17, 15) is 19.2 Å². The first kappa shape index (κ1) is 51.3. The van der Waals surface area contributed by atoms with Crippen molar-refractivity contribution in [1.29, 1.82) is 0 Å². The zero-order chi connectivity index (χ0) is 47.2. The summed E-state index contributed by atoms with van der Waals surface area (Å²) in [6, 6.07) is 27.2. The van der Waals surface area contributed by atoms with Crippen LogP contribution in [-0.2, 0) is 86.3 Å². The average Bonchev–Trinajstić information content (AvgIpc) is 4.14. The monoisotopic (exact) mass is 979 g/mol. The summed E-state index contributed by atoms with van der Waals surface area (Å²) in [4.78, 5) is 51.2. The van der Waals surface area contributed by atoms with Gasteiger partial charge >= 0.3 is 24.0 Å². The van der Waals surface area contributed by atoms with Crippen molar-refractivity contribution in [2.75, 3.05) is 19.8 Å². The van der Waals surface area contributed by atoms with E-state index >= 15 is 0 Å². The Balaban J connectivity index is 1.43. The number of nitrogens with one attached hydrogen (secondary N) is 1. The molecule has 3 aromatic carbocycles. The van der Waals surface area contributed by atoms with Crippen LogP contribution in [0.4, 0.5) is 4.79 Å². The summed E-state index contributed by atoms with van der Waals surface area (Å²) in [7, 11) is 0. The van der Waals surface area contributed by atoms with E-state index in [1.165, 1.54) is 6.92 Å². The molecule has 3 aromatic rings. The molecule has 1 saturated carbocycles. The minimum Gasteiger partial charge on any atom is -0.463 e. The maximum Gasteiger partial charge on any atom is 0.407 e. The lowest BCUT2D eigenvalue weighted by Crippen LogP contribution is -2.69. The number of esters is 3. The van der Waals surface area contributed by atoms with Crippen LogP contribution in [0, 0.1) is 5.92 Å². The first-order valence-corrected chi connectivity index (χ1v) is 22.8. The molecule has 66 heavy (non-hydrogen) atoms. The van der Waals surface area contributed by atoms with Crippen LogP contribution in [0.2, 0.25) is 0 Å². The molecule has 1 aliphatic carbocycles. The van der Waals surface area contributed by atoms with Crippen molar-refractivity contribution >= 4 is 58.8 Å². The zero-order valence-corrected chi connectivity index (χ0v) is 39.3. The van der Waals surface area contributed by atoms with Crippen molar-refractivity contribution < 1.29 is 71.3 Å². The molecule has 3 fully saturated rings. The van der Waals surface area contributed by atoms with Crippen LogP contribution in [-0.4, -0.2) is 115 Å². The van der Waals surface area contributed by atoms with E-state index in [4.69, 9.17) is 86.9 Å². The molecule has 0 spiro atoms. The largest absolute Gasteiger partial charge is 0.463 e. The van der Waals surface area contributed by atoms with Gasteiger partial charge in [0.05, 0.1) is 32.5 Å². The zero-order valence-electron chi connectivity index (χ0n) is 37.0. The SMILES string of the molecule is CC(=O)OC[C@H]1O[C@@H](O[C@@H]2[C@@H](O[C@H](C)C3CC3)O[C@H](COCc3ccccc3)[C@@H](OCc3ccccc3)[C@@H]2OCc2ccccc2)[C@H](NC(=O)OCC(Cl)(Cl)Cl)[C@@H](OC(C)=O)[C@@H]1OC(C)=O. The molecule has 0 aromatic heterocycles. The Bertz CT molecular complexity index is 1990. The number of alkyl carbamates (subject to hydrolysis) is 1. The molecular weight excluding hydrogens is 925 g/mol. The molecule has 6 rings (SSSR count). The summed E-state index contributed by atoms with van der Waals surface area (Å²) >= 11 is 17.7. The fourth-order valence-electron chi connectivity index (χ4n) is 7.60. The normalized spacial score (nSPS) is 27.0. The molecule has 11 atom stereocenters. The maximum absolute atomic E-state index is 13.5. The molecular formula is C47H56Cl3NO15. The summed E-state index contributed by atoms with van der Waals surface area (Å²) in [6.07, 6.45) is -10.8. The Morgan fingerprint density at radius 3 is 1.68 bits per heavy atom. The Morgan fingerprint density at radius 1 is 0.636 bits per heavy atom. The first-order chi connectivity index (χ1) is 31.6. The maximum atomic E-state index is 13.5. The second kappa shape index (κ2) is 24.8. The molecule has 0 unspecified atom stereocenters. The Morgan fingerprint density at radius 2 is 1.15 bits per heavy atom. The van der Waals surface area contributed by atoms with Gasteiger partial charge in [0.25, 0.3) is 0 Å². The second-order valence-electron chi connectivity index (χ2n) is 16.2. The second-order valence-corrected chi connectivity index (χ2v) is 18.7. The molecule has 19 heteroatoms. The number of amides is 1. The van der Waals surface area contributed by atoms with Crippen molar-refractivity contribution in [2.45, 2.75) is 132 Å². The van der Waals surface area contributed by atoms with Gasteiger partial charge in [0.15, 0.2) is 24.8 Å². The van der Waals surface area contributed by atoms with E-state index < -0.39 is 102 Å². The van der Waals surface area contributed by atoms with Gasteiger partial charge in [0.1, 0.15) is 49.8 Å². The highest BCUT2D eigenvalue weighted by Crippen LogP contribution is 2.39. The highest BCUT2D eigenvalue weighted by Gasteiger charge is 2.56.